The number of methoxy groups -OCH3 is 1. The molecule has 4 rings (SSSR count). The number of hydrogen-bond donors (Lipinski definition) is 3. The number of carbonyl (C=O) groups excluding carboxylic acids is 2. The van der Waals surface area contributed by atoms with E-state index in [0.29, 0.717) is 36.9 Å². The van der Waals surface area contributed by atoms with Gasteiger partial charge in [0.2, 0.25) is 0 Å². The maximum atomic E-state index is 12.7. The van der Waals surface area contributed by atoms with Crippen LogP contribution in [0.4, 0.5) is 11.4 Å². The van der Waals surface area contributed by atoms with Crippen LogP contribution < -0.4 is 20.7 Å². The first-order valence-electron chi connectivity index (χ1n) is 9.38. The Kier molecular flexibility index (Phi) is 7.16. The SMILES string of the molecule is COc1cc(NC(=S)NC(=O)c2sc3cc(Cl)ccc3c2Cl)ccc1NC(=O)c1cccs1. The summed E-state index contributed by atoms with van der Waals surface area (Å²) >= 11 is 20.3. The van der Waals surface area contributed by atoms with Crippen LogP contribution >= 0.6 is 58.1 Å². The molecule has 33 heavy (non-hydrogen) atoms. The first kappa shape index (κ1) is 23.5. The molecule has 0 fully saturated rings. The highest BCUT2D eigenvalue weighted by Gasteiger charge is 2.19. The van der Waals surface area contributed by atoms with Crippen molar-refractivity contribution in [1.82, 2.24) is 5.32 Å². The number of halogens is 2. The number of ether oxygens (including phenoxy) is 1. The molecule has 0 atom stereocenters. The second-order valence-corrected chi connectivity index (χ2v) is 9.86. The van der Waals surface area contributed by atoms with Gasteiger partial charge in [-0.2, -0.15) is 0 Å². The molecule has 0 aliphatic rings. The van der Waals surface area contributed by atoms with Gasteiger partial charge in [-0.15, -0.1) is 22.7 Å². The Morgan fingerprint density at radius 1 is 1.03 bits per heavy atom. The largest absolute Gasteiger partial charge is 0.494 e. The highest BCUT2D eigenvalue weighted by atomic mass is 35.5. The van der Waals surface area contributed by atoms with E-state index in [1.165, 1.54) is 29.8 Å². The number of carbonyl (C=O) groups is 2. The lowest BCUT2D eigenvalue weighted by atomic mass is 10.2. The summed E-state index contributed by atoms with van der Waals surface area (Å²) in [6.45, 7) is 0. The molecule has 2 aromatic carbocycles. The van der Waals surface area contributed by atoms with Crippen molar-refractivity contribution in [1.29, 1.82) is 0 Å². The minimum Gasteiger partial charge on any atom is -0.494 e. The molecule has 6 nitrogen and oxygen atoms in total. The maximum Gasteiger partial charge on any atom is 0.269 e. The highest BCUT2D eigenvalue weighted by molar-refractivity contribution is 7.80. The number of nitrogens with one attached hydrogen (secondary N) is 3. The molecule has 3 N–H and O–H groups in total. The monoisotopic (exact) mass is 535 g/mol. The van der Waals surface area contributed by atoms with Gasteiger partial charge in [0.25, 0.3) is 11.8 Å². The van der Waals surface area contributed by atoms with Crippen LogP contribution in [0.25, 0.3) is 10.1 Å². The van der Waals surface area contributed by atoms with Crippen LogP contribution in [0.5, 0.6) is 5.75 Å². The third kappa shape index (κ3) is 5.29. The molecule has 0 unspecified atom stereocenters. The maximum absolute atomic E-state index is 12.7. The molecule has 4 aromatic rings. The molecular formula is C22H15Cl2N3O3S3. The van der Waals surface area contributed by atoms with Crippen molar-refractivity contribution >= 4 is 96.5 Å². The van der Waals surface area contributed by atoms with Gasteiger partial charge >= 0.3 is 0 Å². The normalized spacial score (nSPS) is 10.6. The van der Waals surface area contributed by atoms with Crippen molar-refractivity contribution in [2.24, 2.45) is 0 Å². The van der Waals surface area contributed by atoms with Crippen LogP contribution in [0.3, 0.4) is 0 Å². The number of thiocarbonyl (C=S) groups is 1. The molecule has 0 aliphatic carbocycles. The third-order valence-corrected chi connectivity index (χ3v) is 7.44. The predicted molar refractivity (Wildman–Crippen MR) is 141 cm³/mol. The van der Waals surface area contributed by atoms with Crippen molar-refractivity contribution in [2.75, 3.05) is 17.7 Å². The van der Waals surface area contributed by atoms with Gasteiger partial charge in [0.1, 0.15) is 10.6 Å². The lowest BCUT2D eigenvalue weighted by Gasteiger charge is -2.13. The van der Waals surface area contributed by atoms with Crippen LogP contribution in [0, 0.1) is 0 Å². The summed E-state index contributed by atoms with van der Waals surface area (Å²) in [6, 6.07) is 13.8. The zero-order valence-electron chi connectivity index (χ0n) is 16.9. The van der Waals surface area contributed by atoms with Gasteiger partial charge in [-0.3, -0.25) is 14.9 Å². The average Bonchev–Trinajstić information content (AvgIpc) is 3.43. The van der Waals surface area contributed by atoms with Crippen LogP contribution in [0.15, 0.2) is 53.9 Å². The minimum absolute atomic E-state index is 0.0870. The highest BCUT2D eigenvalue weighted by Crippen LogP contribution is 2.36. The van der Waals surface area contributed by atoms with E-state index in [-0.39, 0.29) is 11.0 Å². The molecule has 0 aliphatic heterocycles. The molecule has 0 saturated heterocycles. The van der Waals surface area contributed by atoms with Crippen molar-refractivity contribution in [3.8, 4) is 5.75 Å². The molecule has 11 heteroatoms. The molecule has 0 radical (unpaired) electrons. The molecule has 0 saturated carbocycles. The van der Waals surface area contributed by atoms with Gasteiger partial charge in [-0.05, 0) is 47.9 Å². The predicted octanol–water partition coefficient (Wildman–Crippen LogP) is 6.66. The van der Waals surface area contributed by atoms with E-state index in [2.05, 4.69) is 16.0 Å². The summed E-state index contributed by atoms with van der Waals surface area (Å²) in [5.74, 6) is -0.224. The first-order chi connectivity index (χ1) is 15.9. The Labute approximate surface area is 212 Å². The lowest BCUT2D eigenvalue weighted by Crippen LogP contribution is -2.33. The molecular weight excluding hydrogens is 521 g/mol. The Hall–Kier alpha value is -2.69. The van der Waals surface area contributed by atoms with Crippen LogP contribution in [0.2, 0.25) is 10.0 Å². The summed E-state index contributed by atoms with van der Waals surface area (Å²) in [4.78, 5) is 26.0. The Balaban J connectivity index is 1.44. The van der Waals surface area contributed by atoms with Gasteiger partial charge < -0.3 is 15.4 Å². The van der Waals surface area contributed by atoms with Gasteiger partial charge in [0, 0.05) is 26.9 Å². The van der Waals surface area contributed by atoms with E-state index in [0.717, 1.165) is 10.1 Å². The van der Waals surface area contributed by atoms with Gasteiger partial charge in [0.05, 0.1) is 22.7 Å². The van der Waals surface area contributed by atoms with Crippen LogP contribution in [-0.2, 0) is 0 Å². The number of thiophene rings is 2. The summed E-state index contributed by atoms with van der Waals surface area (Å²) in [5.41, 5.74) is 1.08. The van der Waals surface area contributed by atoms with Gasteiger partial charge in [0.15, 0.2) is 5.11 Å². The molecule has 0 bridgehead atoms. The van der Waals surface area contributed by atoms with Crippen molar-refractivity contribution in [2.45, 2.75) is 0 Å². The fourth-order valence-corrected chi connectivity index (χ4v) is 5.49. The van der Waals surface area contributed by atoms with E-state index in [1.807, 2.05) is 5.38 Å². The summed E-state index contributed by atoms with van der Waals surface area (Å²) in [5, 5.41) is 12.0. The van der Waals surface area contributed by atoms with E-state index in [4.69, 9.17) is 40.2 Å². The van der Waals surface area contributed by atoms with Crippen LogP contribution in [0.1, 0.15) is 19.3 Å². The van der Waals surface area contributed by atoms with Gasteiger partial charge in [-0.1, -0.05) is 35.3 Å². The molecule has 2 aromatic heterocycles. The topological polar surface area (TPSA) is 79.5 Å². The quantitative estimate of drug-likeness (QED) is 0.249. The zero-order chi connectivity index (χ0) is 23.5. The number of anilines is 2. The van der Waals surface area contributed by atoms with Crippen LogP contribution in [-0.4, -0.2) is 24.0 Å². The zero-order valence-corrected chi connectivity index (χ0v) is 20.9. The average molecular weight is 536 g/mol. The molecule has 0 spiro atoms. The van der Waals surface area contributed by atoms with Gasteiger partial charge in [-0.25, -0.2) is 0 Å². The van der Waals surface area contributed by atoms with E-state index in [1.54, 1.807) is 48.5 Å². The fourth-order valence-electron chi connectivity index (χ4n) is 2.97. The van der Waals surface area contributed by atoms with Crippen molar-refractivity contribution < 1.29 is 14.3 Å². The second kappa shape index (κ2) is 10.1. The molecule has 168 valence electrons. The van der Waals surface area contributed by atoms with E-state index in [9.17, 15) is 9.59 Å². The Morgan fingerprint density at radius 2 is 1.85 bits per heavy atom. The number of rotatable bonds is 5. The summed E-state index contributed by atoms with van der Waals surface area (Å²) < 4.78 is 6.19. The summed E-state index contributed by atoms with van der Waals surface area (Å²) in [6.07, 6.45) is 0. The molecule has 2 heterocycles. The standard InChI is InChI=1S/C22H15Cl2N3O3S3/c1-30-15-10-12(5-7-14(15)26-20(28)16-3-2-8-32-16)25-22(31)27-21(29)19-18(24)13-6-4-11(23)9-17(13)33-19/h2-10H,1H3,(H,26,28)(H2,25,27,29,31). The third-order valence-electron chi connectivity index (χ3n) is 4.48. The summed E-state index contributed by atoms with van der Waals surface area (Å²) in [7, 11) is 1.50. The molecule has 2 amide bonds. The smallest absolute Gasteiger partial charge is 0.269 e. The Morgan fingerprint density at radius 3 is 2.58 bits per heavy atom. The van der Waals surface area contributed by atoms with Crippen molar-refractivity contribution in [3.63, 3.8) is 0 Å². The first-order valence-corrected chi connectivity index (χ1v) is 12.2. The number of fused-ring (bicyclic) bond motifs is 1. The van der Waals surface area contributed by atoms with Crippen molar-refractivity contribution in [3.05, 3.63) is 73.7 Å². The number of benzene rings is 2. The number of hydrogen-bond acceptors (Lipinski definition) is 6. The minimum atomic E-state index is -0.429. The second-order valence-electron chi connectivity index (χ2n) is 6.64. The fraction of sp³-hybridized carbons (Fsp3) is 0.0455. The lowest BCUT2D eigenvalue weighted by molar-refractivity contribution is 0.0980. The van der Waals surface area contributed by atoms with E-state index < -0.39 is 5.91 Å². The van der Waals surface area contributed by atoms with E-state index >= 15 is 0 Å². The Bertz CT molecular complexity index is 1370. The number of amides is 2.